The van der Waals surface area contributed by atoms with Gasteiger partial charge in [0.2, 0.25) is 16.0 Å². The van der Waals surface area contributed by atoms with Crippen LogP contribution in [-0.4, -0.2) is 66.6 Å². The van der Waals surface area contributed by atoms with E-state index >= 15 is 0 Å². The van der Waals surface area contributed by atoms with Crippen molar-refractivity contribution < 1.29 is 38.7 Å². The summed E-state index contributed by atoms with van der Waals surface area (Å²) in [4.78, 5) is 19.4. The highest BCUT2D eigenvalue weighted by Crippen LogP contribution is 2.31. The van der Waals surface area contributed by atoms with Gasteiger partial charge >= 0.3 is 0 Å². The Kier molecular flexibility index (Phi) is 12.1. The fourth-order valence-corrected chi connectivity index (χ4v) is 3.41. The van der Waals surface area contributed by atoms with Crippen molar-refractivity contribution in [1.82, 2.24) is 9.97 Å². The van der Waals surface area contributed by atoms with Crippen LogP contribution < -0.4 is 15.1 Å². The number of aliphatic hydroxyl groups is 2. The lowest BCUT2D eigenvalue weighted by atomic mass is 9.97. The second kappa shape index (κ2) is 14.0. The molecule has 0 aliphatic heterocycles. The third-order valence-electron chi connectivity index (χ3n) is 4.81. The van der Waals surface area contributed by atoms with Crippen molar-refractivity contribution in [3.63, 3.8) is 0 Å². The molecule has 0 saturated carbocycles. The van der Waals surface area contributed by atoms with E-state index in [-0.39, 0.29) is 18.3 Å². The monoisotopic (exact) mass is 526 g/mol. The van der Waals surface area contributed by atoms with Gasteiger partial charge in [0.25, 0.3) is 0 Å². The standard InChI is InChI=1S/C22H28FN3O6S.C2H7N/c1-13(2)20-18(10-9-16(27)11-17(28)12-19(29)30)21(14-5-7-15(23)8-6-14)25-22(24-20)26(3)33(4,31)32;1-2-3/h5-10,13,16-17,27-28H,11-12H2,1-4H3,(H,29,30);2-3H2,1H3/b10-9+;/t16-,17-;/m1./s1. The van der Waals surface area contributed by atoms with Crippen LogP contribution >= 0.6 is 0 Å². The van der Waals surface area contributed by atoms with Crippen molar-refractivity contribution in [1.29, 1.82) is 0 Å². The first-order valence-corrected chi connectivity index (χ1v) is 13.2. The lowest BCUT2D eigenvalue weighted by molar-refractivity contribution is -0.361. The summed E-state index contributed by atoms with van der Waals surface area (Å²) in [6, 6.07) is 5.46. The maximum Gasteiger partial charge on any atom is 0.239 e. The van der Waals surface area contributed by atoms with E-state index in [1.807, 2.05) is 20.8 Å². The number of hydrogen-bond donors (Lipinski definition) is 3. The topological polar surface area (TPSA) is 171 Å². The summed E-state index contributed by atoms with van der Waals surface area (Å²) in [7, 11) is -2.34. The van der Waals surface area contributed by atoms with Gasteiger partial charge in [0, 0.05) is 37.0 Å². The average molecular weight is 527 g/mol. The van der Waals surface area contributed by atoms with Crippen molar-refractivity contribution in [2.24, 2.45) is 0 Å². The number of benzene rings is 1. The van der Waals surface area contributed by atoms with Crippen LogP contribution in [0.3, 0.4) is 0 Å². The van der Waals surface area contributed by atoms with Gasteiger partial charge < -0.3 is 25.8 Å². The van der Waals surface area contributed by atoms with E-state index in [1.165, 1.54) is 43.5 Å². The number of halogens is 1. The second-order valence-corrected chi connectivity index (χ2v) is 10.5. The third-order valence-corrected chi connectivity index (χ3v) is 5.97. The Balaban J connectivity index is 0.00000205. The van der Waals surface area contributed by atoms with E-state index in [9.17, 15) is 32.9 Å². The van der Waals surface area contributed by atoms with Gasteiger partial charge in [0.15, 0.2) is 0 Å². The zero-order chi connectivity index (χ0) is 27.6. The number of aliphatic carboxylic acids is 1. The molecule has 0 aliphatic rings. The minimum Gasteiger partial charge on any atom is -0.550 e. The Bertz CT molecular complexity index is 1140. The lowest BCUT2D eigenvalue weighted by Crippen LogP contribution is -2.48. The molecular formula is C24H35FN4O6S. The number of carbonyl (C=O) groups excluding carboxylic acids is 1. The summed E-state index contributed by atoms with van der Waals surface area (Å²) < 4.78 is 38.6. The fraction of sp³-hybridized carbons (Fsp3) is 0.458. The Hall–Kier alpha value is -2.93. The zero-order valence-electron chi connectivity index (χ0n) is 21.2. The molecule has 1 aromatic carbocycles. The quantitative estimate of drug-likeness (QED) is 0.397. The smallest absolute Gasteiger partial charge is 0.239 e. The van der Waals surface area contributed by atoms with Crippen molar-refractivity contribution in [3.05, 3.63) is 47.4 Å². The van der Waals surface area contributed by atoms with Gasteiger partial charge in [-0.05, 0) is 37.1 Å². The van der Waals surface area contributed by atoms with E-state index in [0.717, 1.165) is 17.1 Å². The summed E-state index contributed by atoms with van der Waals surface area (Å²) >= 11 is 0. The number of rotatable bonds is 10. The molecule has 0 fully saturated rings. The number of carboxylic acid groups (broad SMARTS) is 1. The predicted octanol–water partition coefficient (Wildman–Crippen LogP) is 0.315. The first kappa shape index (κ1) is 31.1. The first-order valence-electron chi connectivity index (χ1n) is 11.4. The van der Waals surface area contributed by atoms with E-state index in [1.54, 1.807) is 0 Å². The lowest BCUT2D eigenvalue weighted by Gasteiger charge is -2.20. The number of quaternary nitrogens is 1. The SMILES string of the molecule is CC(C)c1nc(N(C)S(C)(=O)=O)nc(-c2ccc(F)cc2)c1/C=C/[C@@H](O)C[C@@H](O)CC(=O)[O-].CC[NH3+]. The molecule has 2 aromatic rings. The molecule has 12 heteroatoms. The summed E-state index contributed by atoms with van der Waals surface area (Å²) in [6.45, 7) is 6.71. The van der Waals surface area contributed by atoms with Crippen LogP contribution in [0.1, 0.15) is 50.8 Å². The summed E-state index contributed by atoms with van der Waals surface area (Å²) in [5.41, 5.74) is 5.25. The van der Waals surface area contributed by atoms with Gasteiger partial charge in [-0.3, -0.25) is 0 Å². The van der Waals surface area contributed by atoms with Gasteiger partial charge in [-0.2, -0.15) is 0 Å². The number of nitrogens with zero attached hydrogens (tertiary/aromatic N) is 3. The molecule has 5 N–H and O–H groups in total. The molecule has 0 radical (unpaired) electrons. The number of aliphatic hydroxyl groups excluding tert-OH is 2. The van der Waals surface area contributed by atoms with Crippen molar-refractivity contribution in [3.8, 4) is 11.3 Å². The highest BCUT2D eigenvalue weighted by Gasteiger charge is 2.22. The molecule has 10 nitrogen and oxygen atoms in total. The predicted molar refractivity (Wildman–Crippen MR) is 133 cm³/mol. The summed E-state index contributed by atoms with van der Waals surface area (Å²) in [6.07, 6.45) is 0.578. The molecular weight excluding hydrogens is 491 g/mol. The highest BCUT2D eigenvalue weighted by atomic mass is 32.2. The van der Waals surface area contributed by atoms with Gasteiger partial charge in [-0.1, -0.05) is 26.0 Å². The summed E-state index contributed by atoms with van der Waals surface area (Å²) in [5, 5.41) is 30.6. The van der Waals surface area contributed by atoms with Crippen LogP contribution in [0.4, 0.5) is 10.3 Å². The number of carboxylic acids is 1. The Morgan fingerprint density at radius 1 is 1.22 bits per heavy atom. The minimum absolute atomic E-state index is 0.0670. The number of sulfonamides is 1. The molecule has 1 aromatic heterocycles. The van der Waals surface area contributed by atoms with Crippen LogP contribution in [-0.2, 0) is 14.8 Å². The third kappa shape index (κ3) is 9.61. The Morgan fingerprint density at radius 2 is 1.78 bits per heavy atom. The zero-order valence-corrected chi connectivity index (χ0v) is 22.0. The number of carbonyl (C=O) groups is 1. The largest absolute Gasteiger partial charge is 0.550 e. The van der Waals surface area contributed by atoms with Gasteiger partial charge in [-0.15, -0.1) is 0 Å². The van der Waals surface area contributed by atoms with Crippen LogP contribution in [0.5, 0.6) is 0 Å². The average Bonchev–Trinajstić information content (AvgIpc) is 2.76. The van der Waals surface area contributed by atoms with E-state index in [4.69, 9.17) is 0 Å². The molecule has 0 spiro atoms. The Labute approximate surface area is 211 Å². The second-order valence-electron chi connectivity index (χ2n) is 8.46. The maximum absolute atomic E-state index is 13.5. The van der Waals surface area contributed by atoms with Crippen LogP contribution in [0, 0.1) is 5.82 Å². The molecule has 200 valence electrons. The van der Waals surface area contributed by atoms with Gasteiger partial charge in [-0.25, -0.2) is 27.1 Å². The Morgan fingerprint density at radius 3 is 2.25 bits per heavy atom. The van der Waals surface area contributed by atoms with Crippen molar-refractivity contribution in [2.45, 2.75) is 51.7 Å². The molecule has 2 rings (SSSR count). The normalized spacial score (nSPS) is 13.3. The molecule has 1 heterocycles. The molecule has 36 heavy (non-hydrogen) atoms. The molecule has 0 aliphatic carbocycles. The van der Waals surface area contributed by atoms with Crippen LogP contribution in [0.2, 0.25) is 0 Å². The van der Waals surface area contributed by atoms with Gasteiger partial charge in [0.1, 0.15) is 5.82 Å². The first-order chi connectivity index (χ1) is 16.7. The van der Waals surface area contributed by atoms with E-state index < -0.39 is 40.4 Å². The molecule has 0 bridgehead atoms. The van der Waals surface area contributed by atoms with Crippen molar-refractivity contribution >= 4 is 28.0 Å². The van der Waals surface area contributed by atoms with Crippen molar-refractivity contribution in [2.75, 3.05) is 24.2 Å². The van der Waals surface area contributed by atoms with Gasteiger partial charge in [0.05, 0.1) is 36.4 Å². The molecule has 0 amide bonds. The fourth-order valence-electron chi connectivity index (χ4n) is 3.04. The summed E-state index contributed by atoms with van der Waals surface area (Å²) in [5.74, 6) is -2.14. The number of anilines is 1. The molecule has 0 unspecified atom stereocenters. The van der Waals surface area contributed by atoms with E-state index in [0.29, 0.717) is 22.5 Å². The minimum atomic E-state index is -3.66. The maximum atomic E-state index is 13.5. The van der Waals surface area contributed by atoms with E-state index in [2.05, 4.69) is 15.7 Å². The highest BCUT2D eigenvalue weighted by molar-refractivity contribution is 7.92. The van der Waals surface area contributed by atoms with Crippen LogP contribution in [0.25, 0.3) is 17.3 Å². The number of hydrogen-bond acceptors (Lipinski definition) is 8. The molecule has 2 atom stereocenters. The molecule has 0 saturated heterocycles. The van der Waals surface area contributed by atoms with Crippen LogP contribution in [0.15, 0.2) is 30.3 Å². The number of aromatic nitrogens is 2.